The van der Waals surface area contributed by atoms with Crippen molar-refractivity contribution in [3.05, 3.63) is 0 Å². The van der Waals surface area contributed by atoms with Gasteiger partial charge in [-0.3, -0.25) is 0 Å². The van der Waals surface area contributed by atoms with Crippen LogP contribution in [-0.4, -0.2) is 33.8 Å². The number of nitrogens with one attached hydrogen (secondary N) is 1. The zero-order chi connectivity index (χ0) is 8.04. The Balaban J connectivity index is 3.48. The van der Waals surface area contributed by atoms with Crippen molar-refractivity contribution in [2.75, 3.05) is 19.3 Å². The van der Waals surface area contributed by atoms with Gasteiger partial charge in [-0.25, -0.2) is 22.9 Å². The van der Waals surface area contributed by atoms with Crippen molar-refractivity contribution in [1.29, 1.82) is 0 Å². The van der Waals surface area contributed by atoms with E-state index in [-0.39, 0.29) is 13.1 Å². The summed E-state index contributed by atoms with van der Waals surface area (Å²) in [7, 11) is -3.14. The average Bonchev–Trinajstić information content (AvgIpc) is 1.78. The topological polar surface area (TPSA) is 75.6 Å². The first-order valence-corrected chi connectivity index (χ1v) is 4.43. The van der Waals surface area contributed by atoms with Gasteiger partial charge in [0.05, 0.1) is 12.8 Å². The summed E-state index contributed by atoms with van der Waals surface area (Å²) in [5, 5.41) is 0. The van der Waals surface area contributed by atoms with Crippen LogP contribution in [0.1, 0.15) is 0 Å². The van der Waals surface area contributed by atoms with Crippen LogP contribution in [0.4, 0.5) is 0 Å². The lowest BCUT2D eigenvalue weighted by Crippen LogP contribution is -2.24. The highest BCUT2D eigenvalue weighted by Crippen LogP contribution is 1.71. The third kappa shape index (κ3) is 7.29. The zero-order valence-electron chi connectivity index (χ0n) is 5.49. The first-order chi connectivity index (χ1) is 4.56. The summed E-state index contributed by atoms with van der Waals surface area (Å²) in [6.45, 7) is 0.282. The van der Waals surface area contributed by atoms with Crippen LogP contribution >= 0.6 is 0 Å². The van der Waals surface area contributed by atoms with Gasteiger partial charge in [0.2, 0.25) is 16.1 Å². The molecule has 6 heteroatoms. The Morgan fingerprint density at radius 1 is 1.60 bits per heavy atom. The van der Waals surface area contributed by atoms with Crippen molar-refractivity contribution in [3.63, 3.8) is 0 Å². The maximum absolute atomic E-state index is 10.3. The minimum Gasteiger partial charge on any atom is -0.214 e. The summed E-state index contributed by atoms with van der Waals surface area (Å²) in [5.74, 6) is 0. The van der Waals surface area contributed by atoms with Crippen molar-refractivity contribution in [2.24, 2.45) is 4.99 Å². The Morgan fingerprint density at radius 3 is 2.60 bits per heavy atom. The van der Waals surface area contributed by atoms with Gasteiger partial charge >= 0.3 is 0 Å². The van der Waals surface area contributed by atoms with Gasteiger partial charge in [-0.15, -0.1) is 0 Å². The maximum Gasteiger partial charge on any atom is 0.234 e. The fourth-order valence-electron chi connectivity index (χ4n) is 0.333. The molecule has 0 aromatic carbocycles. The molecule has 0 aromatic rings. The van der Waals surface area contributed by atoms with E-state index in [0.29, 0.717) is 0 Å². The minimum absolute atomic E-state index is 0.135. The highest BCUT2D eigenvalue weighted by molar-refractivity contribution is 7.88. The Kier molecular flexibility index (Phi) is 3.87. The van der Waals surface area contributed by atoms with E-state index in [4.69, 9.17) is 0 Å². The lowest BCUT2D eigenvalue weighted by atomic mass is 10.7. The van der Waals surface area contributed by atoms with Crippen LogP contribution in [0.5, 0.6) is 0 Å². The van der Waals surface area contributed by atoms with Gasteiger partial charge < -0.3 is 0 Å². The monoisotopic (exact) mass is 164 g/mol. The van der Waals surface area contributed by atoms with E-state index in [9.17, 15) is 13.2 Å². The molecule has 0 spiro atoms. The van der Waals surface area contributed by atoms with Gasteiger partial charge in [-0.1, -0.05) is 0 Å². The third-order valence-corrected chi connectivity index (χ3v) is 1.38. The van der Waals surface area contributed by atoms with Crippen LogP contribution < -0.4 is 4.72 Å². The predicted octanol–water partition coefficient (Wildman–Crippen LogP) is -1.13. The van der Waals surface area contributed by atoms with E-state index in [1.165, 1.54) is 6.08 Å². The molecule has 0 saturated carbocycles. The standard InChI is InChI=1S/C4H8N2O3S/c1-10(8,9)6-3-2-5-4-7/h6H,2-3H2,1H3. The third-order valence-electron chi connectivity index (χ3n) is 0.652. The zero-order valence-corrected chi connectivity index (χ0v) is 6.31. The lowest BCUT2D eigenvalue weighted by Gasteiger charge is -1.95. The molecule has 0 saturated heterocycles. The quantitative estimate of drug-likeness (QED) is 0.324. The van der Waals surface area contributed by atoms with Gasteiger partial charge in [-0.2, -0.15) is 0 Å². The summed E-state index contributed by atoms with van der Waals surface area (Å²) >= 11 is 0. The average molecular weight is 164 g/mol. The number of carbonyl (C=O) groups excluding carboxylic acids is 1. The molecule has 0 aromatic heterocycles. The second-order valence-corrected chi connectivity index (χ2v) is 3.47. The summed E-state index contributed by atoms with van der Waals surface area (Å²) in [6.07, 6.45) is 2.33. The number of aliphatic imine (C=N–C) groups is 1. The number of hydrogen-bond acceptors (Lipinski definition) is 4. The van der Waals surface area contributed by atoms with Crippen LogP contribution in [0.2, 0.25) is 0 Å². The van der Waals surface area contributed by atoms with E-state index >= 15 is 0 Å². The number of sulfonamides is 1. The molecule has 0 heterocycles. The largest absolute Gasteiger partial charge is 0.234 e. The SMILES string of the molecule is CS(=O)(=O)NCCN=C=O. The second kappa shape index (κ2) is 4.16. The van der Waals surface area contributed by atoms with E-state index in [0.717, 1.165) is 6.26 Å². The van der Waals surface area contributed by atoms with Gasteiger partial charge in [-0.05, 0) is 0 Å². The molecule has 0 bridgehead atoms. The molecule has 10 heavy (non-hydrogen) atoms. The molecule has 0 aliphatic heterocycles. The fraction of sp³-hybridized carbons (Fsp3) is 0.750. The molecule has 0 amide bonds. The lowest BCUT2D eigenvalue weighted by molar-refractivity contribution is 0.561. The molecular formula is C4H8N2O3S. The Bertz CT molecular complexity index is 227. The van der Waals surface area contributed by atoms with Crippen LogP contribution in [-0.2, 0) is 14.8 Å². The minimum atomic E-state index is -3.14. The Morgan fingerprint density at radius 2 is 2.20 bits per heavy atom. The normalized spacial score (nSPS) is 10.5. The number of rotatable bonds is 4. The van der Waals surface area contributed by atoms with Crippen molar-refractivity contribution in [3.8, 4) is 0 Å². The molecule has 0 aliphatic rings. The van der Waals surface area contributed by atoms with Crippen LogP contribution in [0, 0.1) is 0 Å². The van der Waals surface area contributed by atoms with Crippen molar-refractivity contribution >= 4 is 16.1 Å². The van der Waals surface area contributed by atoms with E-state index < -0.39 is 10.0 Å². The van der Waals surface area contributed by atoms with Gasteiger partial charge in [0.25, 0.3) is 0 Å². The number of hydrogen-bond donors (Lipinski definition) is 1. The molecule has 0 unspecified atom stereocenters. The molecule has 1 N–H and O–H groups in total. The summed E-state index contributed by atoms with van der Waals surface area (Å²) < 4.78 is 22.8. The van der Waals surface area contributed by atoms with Crippen LogP contribution in [0.3, 0.4) is 0 Å². The van der Waals surface area contributed by atoms with Gasteiger partial charge in [0.1, 0.15) is 0 Å². The molecule has 0 aliphatic carbocycles. The second-order valence-electron chi connectivity index (χ2n) is 1.64. The highest BCUT2D eigenvalue weighted by atomic mass is 32.2. The van der Waals surface area contributed by atoms with Crippen molar-refractivity contribution in [1.82, 2.24) is 4.72 Å². The van der Waals surface area contributed by atoms with Crippen LogP contribution in [0.25, 0.3) is 0 Å². The molecule has 0 fully saturated rings. The first-order valence-electron chi connectivity index (χ1n) is 2.54. The smallest absolute Gasteiger partial charge is 0.214 e. The summed E-state index contributed by atoms with van der Waals surface area (Å²) in [6, 6.07) is 0. The van der Waals surface area contributed by atoms with Crippen molar-refractivity contribution < 1.29 is 13.2 Å². The molecule has 0 rings (SSSR count). The summed E-state index contributed by atoms with van der Waals surface area (Å²) in [5.41, 5.74) is 0. The number of nitrogens with zero attached hydrogens (tertiary/aromatic N) is 1. The first kappa shape index (κ1) is 9.29. The van der Waals surface area contributed by atoms with E-state index in [2.05, 4.69) is 9.71 Å². The van der Waals surface area contributed by atoms with Crippen molar-refractivity contribution in [2.45, 2.75) is 0 Å². The molecule has 0 atom stereocenters. The fourth-order valence-corrected chi connectivity index (χ4v) is 0.795. The van der Waals surface area contributed by atoms with Gasteiger partial charge in [0, 0.05) is 6.54 Å². The molecule has 0 radical (unpaired) electrons. The Hall–Kier alpha value is -0.710. The van der Waals surface area contributed by atoms with Gasteiger partial charge in [0.15, 0.2) is 0 Å². The Labute approximate surface area is 59.2 Å². The number of isocyanates is 1. The summed E-state index contributed by atoms with van der Waals surface area (Å²) in [4.78, 5) is 12.6. The molecular weight excluding hydrogens is 156 g/mol. The van der Waals surface area contributed by atoms with Crippen LogP contribution in [0.15, 0.2) is 4.99 Å². The predicted molar refractivity (Wildman–Crippen MR) is 35.8 cm³/mol. The van der Waals surface area contributed by atoms with E-state index in [1.54, 1.807) is 0 Å². The molecule has 58 valence electrons. The maximum atomic E-state index is 10.3. The van der Waals surface area contributed by atoms with E-state index in [1.807, 2.05) is 0 Å². The highest BCUT2D eigenvalue weighted by Gasteiger charge is 1.96. The molecule has 5 nitrogen and oxygen atoms in total.